The van der Waals surface area contributed by atoms with Crippen molar-refractivity contribution in [1.29, 1.82) is 0 Å². The molecule has 1 saturated heterocycles. The smallest absolute Gasteiger partial charge is 0.332 e. The van der Waals surface area contributed by atoms with E-state index in [1.165, 1.54) is 36.3 Å². The number of methoxy groups -OCH3 is 2. The lowest BCUT2D eigenvalue weighted by Crippen LogP contribution is -2.37. The lowest BCUT2D eigenvalue weighted by atomic mass is 10.1. The van der Waals surface area contributed by atoms with Gasteiger partial charge in [-0.25, -0.2) is 14.1 Å². The minimum absolute atomic E-state index is 0.0833. The zero-order valence-corrected chi connectivity index (χ0v) is 19.2. The van der Waals surface area contributed by atoms with E-state index in [1.807, 2.05) is 0 Å². The molecule has 1 fully saturated rings. The highest BCUT2D eigenvalue weighted by molar-refractivity contribution is 6.22. The van der Waals surface area contributed by atoms with Gasteiger partial charge in [-0.15, -0.1) is 0 Å². The minimum Gasteiger partial charge on any atom is -0.497 e. The summed E-state index contributed by atoms with van der Waals surface area (Å²) in [6.07, 6.45) is -0.252. The Morgan fingerprint density at radius 3 is 2.29 bits per heavy atom. The molecule has 4 amide bonds. The first-order valence-corrected chi connectivity index (χ1v) is 10.9. The monoisotopic (exact) mass is 477 g/mol. The van der Waals surface area contributed by atoms with Gasteiger partial charge in [0.05, 0.1) is 26.3 Å². The molecule has 3 aromatic rings. The van der Waals surface area contributed by atoms with E-state index in [0.717, 1.165) is 10.5 Å². The van der Waals surface area contributed by atoms with Gasteiger partial charge >= 0.3 is 6.03 Å². The van der Waals surface area contributed by atoms with Gasteiger partial charge in [0, 0.05) is 12.2 Å². The highest BCUT2D eigenvalue weighted by Crippen LogP contribution is 2.29. The van der Waals surface area contributed by atoms with Gasteiger partial charge in [-0.1, -0.05) is 12.1 Å². The molecule has 0 saturated carbocycles. The van der Waals surface area contributed by atoms with Crippen molar-refractivity contribution in [3.05, 3.63) is 84.2 Å². The fourth-order valence-corrected chi connectivity index (χ4v) is 3.87. The van der Waals surface area contributed by atoms with Crippen LogP contribution in [0.15, 0.2) is 72.8 Å². The number of urea groups is 1. The van der Waals surface area contributed by atoms with Crippen LogP contribution in [-0.2, 0) is 16.1 Å². The van der Waals surface area contributed by atoms with Crippen molar-refractivity contribution in [3.8, 4) is 11.5 Å². The Morgan fingerprint density at radius 1 is 0.943 bits per heavy atom. The third-order valence-electron chi connectivity index (χ3n) is 5.64. The molecule has 0 radical (unpaired) electrons. The van der Waals surface area contributed by atoms with Gasteiger partial charge in [0.1, 0.15) is 23.4 Å². The maximum atomic E-state index is 13.4. The molecule has 0 bridgehead atoms. The molecule has 8 nitrogen and oxygen atoms in total. The topological polar surface area (TPSA) is 88.2 Å². The van der Waals surface area contributed by atoms with E-state index in [2.05, 4.69) is 5.32 Å². The fourth-order valence-electron chi connectivity index (χ4n) is 3.87. The zero-order valence-electron chi connectivity index (χ0n) is 19.2. The van der Waals surface area contributed by atoms with Crippen LogP contribution in [0.2, 0.25) is 0 Å². The van der Waals surface area contributed by atoms with Gasteiger partial charge in [0.25, 0.3) is 5.91 Å². The maximum absolute atomic E-state index is 13.4. The molecule has 1 aliphatic heterocycles. The average Bonchev–Trinajstić information content (AvgIpc) is 3.09. The van der Waals surface area contributed by atoms with Crippen LogP contribution in [0.1, 0.15) is 12.0 Å². The van der Waals surface area contributed by atoms with Gasteiger partial charge in [0.15, 0.2) is 0 Å². The molecule has 1 atom stereocenters. The third kappa shape index (κ3) is 5.24. The molecule has 3 aromatic carbocycles. The number of hydrogen-bond acceptors (Lipinski definition) is 5. The maximum Gasteiger partial charge on any atom is 0.332 e. The van der Waals surface area contributed by atoms with Crippen LogP contribution in [0.4, 0.5) is 20.6 Å². The summed E-state index contributed by atoms with van der Waals surface area (Å²) in [4.78, 5) is 41.8. The molecule has 4 rings (SSSR count). The number of anilines is 2. The predicted molar refractivity (Wildman–Crippen MR) is 128 cm³/mol. The van der Waals surface area contributed by atoms with Crippen molar-refractivity contribution in [1.82, 2.24) is 4.90 Å². The number of ether oxygens (including phenoxy) is 2. The Labute approximate surface area is 201 Å². The summed E-state index contributed by atoms with van der Waals surface area (Å²) < 4.78 is 23.8. The van der Waals surface area contributed by atoms with E-state index < -0.39 is 29.7 Å². The molecule has 0 aliphatic carbocycles. The number of halogens is 1. The van der Waals surface area contributed by atoms with Crippen LogP contribution < -0.4 is 19.7 Å². The van der Waals surface area contributed by atoms with Crippen LogP contribution in [0.5, 0.6) is 11.5 Å². The standard InChI is InChI=1S/C26H24FN3O5/c1-34-21-12-8-19(9-13-21)28-24(31)15-23-25(32)30(20-10-6-18(27)7-11-20)26(33)29(23)16-17-4-3-5-22(14-17)35-2/h3-14,23H,15-16H2,1-2H3,(H,28,31)/t23-/m0/s1. The Morgan fingerprint density at radius 2 is 1.63 bits per heavy atom. The van der Waals surface area contributed by atoms with E-state index in [4.69, 9.17) is 9.47 Å². The molecule has 1 aliphatic rings. The zero-order chi connectivity index (χ0) is 24.9. The number of imide groups is 1. The van der Waals surface area contributed by atoms with Crippen molar-refractivity contribution >= 4 is 29.2 Å². The Bertz CT molecular complexity index is 1230. The molecular weight excluding hydrogens is 453 g/mol. The quantitative estimate of drug-likeness (QED) is 0.491. The molecule has 1 N–H and O–H groups in total. The SMILES string of the molecule is COc1ccc(NC(=O)C[C@H]2C(=O)N(c3ccc(F)cc3)C(=O)N2Cc2cccc(OC)c2)cc1. The van der Waals surface area contributed by atoms with Crippen molar-refractivity contribution in [2.45, 2.75) is 19.0 Å². The minimum atomic E-state index is -1.04. The molecule has 0 unspecified atom stereocenters. The number of benzene rings is 3. The van der Waals surface area contributed by atoms with Gasteiger partial charge in [0.2, 0.25) is 5.91 Å². The third-order valence-corrected chi connectivity index (χ3v) is 5.64. The average molecular weight is 477 g/mol. The van der Waals surface area contributed by atoms with Crippen LogP contribution in [0, 0.1) is 5.82 Å². The van der Waals surface area contributed by atoms with E-state index in [-0.39, 0.29) is 18.7 Å². The van der Waals surface area contributed by atoms with E-state index in [9.17, 15) is 18.8 Å². The summed E-state index contributed by atoms with van der Waals surface area (Å²) in [5.41, 5.74) is 1.49. The fraction of sp³-hybridized carbons (Fsp3) is 0.192. The van der Waals surface area contributed by atoms with Crippen LogP contribution in [0.3, 0.4) is 0 Å². The lowest BCUT2D eigenvalue weighted by molar-refractivity contribution is -0.124. The normalized spacial score (nSPS) is 15.3. The summed E-state index contributed by atoms with van der Waals surface area (Å²) in [7, 11) is 3.08. The molecule has 1 heterocycles. The first-order chi connectivity index (χ1) is 16.9. The van der Waals surface area contributed by atoms with E-state index in [1.54, 1.807) is 55.6 Å². The summed E-state index contributed by atoms with van der Waals surface area (Å²) >= 11 is 0. The number of nitrogens with one attached hydrogen (secondary N) is 1. The summed E-state index contributed by atoms with van der Waals surface area (Å²) in [5.74, 6) is -0.243. The highest BCUT2D eigenvalue weighted by atomic mass is 19.1. The van der Waals surface area contributed by atoms with E-state index in [0.29, 0.717) is 17.2 Å². The van der Waals surface area contributed by atoms with Crippen LogP contribution >= 0.6 is 0 Å². The van der Waals surface area contributed by atoms with Gasteiger partial charge in [-0.3, -0.25) is 9.59 Å². The number of nitrogens with zero attached hydrogens (tertiary/aromatic N) is 2. The first-order valence-electron chi connectivity index (χ1n) is 10.9. The van der Waals surface area contributed by atoms with Crippen LogP contribution in [0.25, 0.3) is 0 Å². The Balaban J connectivity index is 1.59. The predicted octanol–water partition coefficient (Wildman–Crippen LogP) is 4.21. The molecule has 0 spiro atoms. The second-order valence-corrected chi connectivity index (χ2v) is 7.91. The Hall–Kier alpha value is -4.40. The summed E-state index contributed by atoms with van der Waals surface area (Å²) in [6.45, 7) is 0.0833. The second kappa shape index (κ2) is 10.3. The van der Waals surface area contributed by atoms with Crippen molar-refractivity contribution in [3.63, 3.8) is 0 Å². The van der Waals surface area contributed by atoms with E-state index >= 15 is 0 Å². The summed E-state index contributed by atoms with van der Waals surface area (Å²) in [5, 5.41) is 2.75. The molecule has 0 aromatic heterocycles. The van der Waals surface area contributed by atoms with Gasteiger partial charge < -0.3 is 19.7 Å². The number of carbonyl (C=O) groups excluding carboxylic acids is 3. The molecule has 35 heavy (non-hydrogen) atoms. The summed E-state index contributed by atoms with van der Waals surface area (Å²) in [6, 6.07) is 17.3. The van der Waals surface area contributed by atoms with Gasteiger partial charge in [-0.2, -0.15) is 0 Å². The number of hydrogen-bond donors (Lipinski definition) is 1. The number of amides is 4. The second-order valence-electron chi connectivity index (χ2n) is 7.91. The van der Waals surface area contributed by atoms with Crippen molar-refractivity contribution in [2.24, 2.45) is 0 Å². The van der Waals surface area contributed by atoms with Gasteiger partial charge in [-0.05, 0) is 66.2 Å². The molecule has 9 heteroatoms. The van der Waals surface area contributed by atoms with Crippen molar-refractivity contribution in [2.75, 3.05) is 24.4 Å². The lowest BCUT2D eigenvalue weighted by Gasteiger charge is -2.22. The number of rotatable bonds is 8. The first kappa shape index (κ1) is 23.7. The number of carbonyl (C=O) groups is 3. The van der Waals surface area contributed by atoms with Crippen LogP contribution in [-0.4, -0.2) is 43.0 Å². The van der Waals surface area contributed by atoms with Crippen molar-refractivity contribution < 1.29 is 28.2 Å². The largest absolute Gasteiger partial charge is 0.497 e. The highest BCUT2D eigenvalue weighted by Gasteiger charge is 2.46. The Kier molecular flexibility index (Phi) is 6.96. The molecule has 180 valence electrons. The molecular formula is C26H24FN3O5.